The normalized spacial score (nSPS) is 18.2. The quantitative estimate of drug-likeness (QED) is 0.894. The molecule has 0 saturated carbocycles. The van der Waals surface area contributed by atoms with E-state index in [0.717, 1.165) is 29.2 Å². The van der Waals surface area contributed by atoms with E-state index in [2.05, 4.69) is 24.5 Å². The van der Waals surface area contributed by atoms with Crippen LogP contribution in [0.25, 0.3) is 0 Å². The molecular weight excluding hydrogens is 322 g/mol. The molecule has 24 heavy (non-hydrogen) atoms. The van der Waals surface area contributed by atoms with Gasteiger partial charge in [0.1, 0.15) is 10.8 Å². The van der Waals surface area contributed by atoms with E-state index in [1.807, 2.05) is 29.5 Å². The number of carbonyl (C=O) groups is 1. The Kier molecular flexibility index (Phi) is 3.72. The number of carbonyl (C=O) groups excluding carboxylic acids is 1. The average molecular weight is 343 g/mol. The van der Waals surface area contributed by atoms with Crippen LogP contribution in [-0.2, 0) is 24.2 Å². The molecule has 1 aliphatic heterocycles. The first-order valence-corrected chi connectivity index (χ1v) is 9.08. The molecule has 0 radical (unpaired) electrons. The lowest BCUT2D eigenvalue weighted by molar-refractivity contribution is -0.118. The number of nitrogens with one attached hydrogen (secondary N) is 2. The van der Waals surface area contributed by atoms with E-state index >= 15 is 0 Å². The molecule has 2 heterocycles. The number of anilines is 2. The van der Waals surface area contributed by atoms with Gasteiger partial charge in [-0.25, -0.2) is 4.98 Å². The van der Waals surface area contributed by atoms with Gasteiger partial charge in [0.25, 0.3) is 5.91 Å². The number of hydrogen-bond donors (Lipinski definition) is 2. The van der Waals surface area contributed by atoms with Crippen molar-refractivity contribution in [1.29, 1.82) is 0 Å². The van der Waals surface area contributed by atoms with E-state index in [-0.39, 0.29) is 12.5 Å². The van der Waals surface area contributed by atoms with Crippen molar-refractivity contribution >= 4 is 28.6 Å². The number of thiazole rings is 1. The smallest absolute Gasteiger partial charge is 0.262 e. The van der Waals surface area contributed by atoms with E-state index in [0.29, 0.717) is 17.7 Å². The summed E-state index contributed by atoms with van der Waals surface area (Å²) in [6.07, 6.45) is 3.43. The molecule has 2 aromatic rings. The topological polar surface area (TPSA) is 63.3 Å². The Morgan fingerprint density at radius 2 is 2.29 bits per heavy atom. The zero-order valence-corrected chi connectivity index (χ0v) is 14.8. The highest BCUT2D eigenvalue weighted by Crippen LogP contribution is 2.37. The minimum atomic E-state index is -0.112. The Morgan fingerprint density at radius 3 is 3.17 bits per heavy atom. The molecule has 1 aromatic heterocycles. The van der Waals surface area contributed by atoms with Gasteiger partial charge < -0.3 is 15.4 Å². The lowest BCUT2D eigenvalue weighted by Crippen LogP contribution is -2.25. The monoisotopic (exact) mass is 343 g/mol. The molecule has 0 fully saturated rings. The summed E-state index contributed by atoms with van der Waals surface area (Å²) in [4.78, 5) is 17.5. The fourth-order valence-corrected chi connectivity index (χ4v) is 4.50. The van der Waals surface area contributed by atoms with E-state index in [1.54, 1.807) is 0 Å². The standard InChI is InChI=1S/C18H21N3O2S/c1-18(2)6-5-13-15(8-18)24-17(21-13)9-19-11-3-4-12-14(7-11)23-10-16(22)20-12/h3-4,7,19H,5-6,8-10H2,1-2H3,(H,20,22). The van der Waals surface area contributed by atoms with Crippen molar-refractivity contribution in [3.05, 3.63) is 33.8 Å². The number of fused-ring (bicyclic) bond motifs is 2. The first-order valence-electron chi connectivity index (χ1n) is 8.27. The van der Waals surface area contributed by atoms with Crippen LogP contribution >= 0.6 is 11.3 Å². The van der Waals surface area contributed by atoms with Gasteiger partial charge in [-0.15, -0.1) is 11.3 Å². The Balaban J connectivity index is 1.44. The summed E-state index contributed by atoms with van der Waals surface area (Å²) in [6, 6.07) is 5.74. The van der Waals surface area contributed by atoms with Gasteiger partial charge in [0.2, 0.25) is 0 Å². The van der Waals surface area contributed by atoms with Gasteiger partial charge in [-0.1, -0.05) is 13.8 Å². The summed E-state index contributed by atoms with van der Waals surface area (Å²) < 4.78 is 5.45. The van der Waals surface area contributed by atoms with Crippen LogP contribution in [0.3, 0.4) is 0 Å². The van der Waals surface area contributed by atoms with Crippen molar-refractivity contribution in [3.8, 4) is 5.75 Å². The zero-order chi connectivity index (χ0) is 16.7. The molecule has 0 spiro atoms. The number of benzene rings is 1. The van der Waals surface area contributed by atoms with Crippen LogP contribution in [0.15, 0.2) is 18.2 Å². The van der Waals surface area contributed by atoms with Gasteiger partial charge in [0.05, 0.1) is 17.9 Å². The fourth-order valence-electron chi connectivity index (χ4n) is 3.19. The van der Waals surface area contributed by atoms with Gasteiger partial charge in [0.15, 0.2) is 6.61 Å². The number of aryl methyl sites for hydroxylation is 1. The minimum Gasteiger partial charge on any atom is -0.482 e. The van der Waals surface area contributed by atoms with Gasteiger partial charge in [-0.05, 0) is 36.8 Å². The van der Waals surface area contributed by atoms with Crippen LogP contribution in [0.1, 0.15) is 35.8 Å². The average Bonchev–Trinajstić information content (AvgIpc) is 2.93. The van der Waals surface area contributed by atoms with E-state index in [4.69, 9.17) is 9.72 Å². The molecule has 1 aliphatic carbocycles. The molecule has 0 bridgehead atoms. The molecule has 1 aromatic carbocycles. The molecule has 5 nitrogen and oxygen atoms in total. The molecule has 2 N–H and O–H groups in total. The van der Waals surface area contributed by atoms with E-state index in [9.17, 15) is 4.79 Å². The second-order valence-corrected chi connectivity index (χ2v) is 8.39. The number of aromatic nitrogens is 1. The van der Waals surface area contributed by atoms with Gasteiger partial charge >= 0.3 is 0 Å². The molecule has 2 aliphatic rings. The molecule has 0 unspecified atom stereocenters. The first kappa shape index (κ1) is 15.4. The maximum Gasteiger partial charge on any atom is 0.262 e. The Hall–Kier alpha value is -2.08. The summed E-state index contributed by atoms with van der Waals surface area (Å²) in [5.74, 6) is 0.597. The molecule has 0 atom stereocenters. The van der Waals surface area contributed by atoms with Gasteiger partial charge in [0, 0.05) is 16.6 Å². The van der Waals surface area contributed by atoms with Crippen molar-refractivity contribution in [2.45, 2.75) is 39.7 Å². The summed E-state index contributed by atoms with van der Waals surface area (Å²) in [5.41, 5.74) is 3.37. The van der Waals surface area contributed by atoms with Crippen LogP contribution in [0, 0.1) is 5.41 Å². The third-order valence-electron chi connectivity index (χ3n) is 4.56. The van der Waals surface area contributed by atoms with Crippen molar-refractivity contribution < 1.29 is 9.53 Å². The van der Waals surface area contributed by atoms with Crippen LogP contribution in [0.2, 0.25) is 0 Å². The van der Waals surface area contributed by atoms with E-state index < -0.39 is 0 Å². The number of amides is 1. The molecule has 4 rings (SSSR count). The minimum absolute atomic E-state index is 0.0748. The van der Waals surface area contributed by atoms with Crippen molar-refractivity contribution in [1.82, 2.24) is 4.98 Å². The number of nitrogens with zero attached hydrogens (tertiary/aromatic N) is 1. The molecule has 6 heteroatoms. The summed E-state index contributed by atoms with van der Waals surface area (Å²) in [5, 5.41) is 7.34. The highest BCUT2D eigenvalue weighted by Gasteiger charge is 2.28. The first-order chi connectivity index (χ1) is 11.5. The second-order valence-electron chi connectivity index (χ2n) is 7.22. The lowest BCUT2D eigenvalue weighted by atomic mass is 9.79. The highest BCUT2D eigenvalue weighted by molar-refractivity contribution is 7.11. The maximum absolute atomic E-state index is 11.3. The summed E-state index contributed by atoms with van der Waals surface area (Å²) in [7, 11) is 0. The maximum atomic E-state index is 11.3. The molecule has 126 valence electrons. The second kappa shape index (κ2) is 5.77. The Morgan fingerprint density at radius 1 is 1.42 bits per heavy atom. The Labute approximate surface area is 145 Å². The van der Waals surface area contributed by atoms with Crippen LogP contribution in [0.5, 0.6) is 5.75 Å². The molecule has 1 amide bonds. The highest BCUT2D eigenvalue weighted by atomic mass is 32.1. The Bertz CT molecular complexity index is 798. The lowest BCUT2D eigenvalue weighted by Gasteiger charge is -2.28. The van der Waals surface area contributed by atoms with Gasteiger partial charge in [-0.3, -0.25) is 4.79 Å². The van der Waals surface area contributed by atoms with Crippen LogP contribution in [-0.4, -0.2) is 17.5 Å². The third-order valence-corrected chi connectivity index (χ3v) is 5.66. The SMILES string of the molecule is CC1(C)CCc2nc(CNc3ccc4c(c3)OCC(=O)N4)sc2C1. The predicted octanol–water partition coefficient (Wildman–Crippen LogP) is 3.60. The fraction of sp³-hybridized carbons (Fsp3) is 0.444. The van der Waals surface area contributed by atoms with Crippen LogP contribution < -0.4 is 15.4 Å². The van der Waals surface area contributed by atoms with Crippen molar-refractivity contribution in [2.75, 3.05) is 17.2 Å². The molecule has 0 saturated heterocycles. The third kappa shape index (κ3) is 3.11. The van der Waals surface area contributed by atoms with Crippen molar-refractivity contribution in [3.63, 3.8) is 0 Å². The largest absolute Gasteiger partial charge is 0.482 e. The van der Waals surface area contributed by atoms with Crippen molar-refractivity contribution in [2.24, 2.45) is 5.41 Å². The number of ether oxygens (including phenoxy) is 1. The molecular formula is C18H21N3O2S. The van der Waals surface area contributed by atoms with Gasteiger partial charge in [-0.2, -0.15) is 0 Å². The summed E-state index contributed by atoms with van der Waals surface area (Å²) in [6.45, 7) is 5.45. The zero-order valence-electron chi connectivity index (χ0n) is 13.9. The number of hydrogen-bond acceptors (Lipinski definition) is 5. The predicted molar refractivity (Wildman–Crippen MR) is 95.8 cm³/mol. The van der Waals surface area contributed by atoms with E-state index in [1.165, 1.54) is 17.0 Å². The van der Waals surface area contributed by atoms with Crippen LogP contribution in [0.4, 0.5) is 11.4 Å². The summed E-state index contributed by atoms with van der Waals surface area (Å²) >= 11 is 1.82. The number of rotatable bonds is 3.